The molecule has 0 atom stereocenters. The molecule has 0 spiro atoms. The Hall–Kier alpha value is -1.31. The summed E-state index contributed by atoms with van der Waals surface area (Å²) in [4.78, 5) is 10.5. The van der Waals surface area contributed by atoms with Gasteiger partial charge in [0.15, 0.2) is 0 Å². The van der Waals surface area contributed by atoms with Gasteiger partial charge in [0.2, 0.25) is 0 Å². The summed E-state index contributed by atoms with van der Waals surface area (Å²) >= 11 is 0. The third-order valence-electron chi connectivity index (χ3n) is 2.76. The second-order valence-electron chi connectivity index (χ2n) is 4.15. The maximum Gasteiger partial charge on any atom is 0.0715 e. The molecule has 0 heterocycles. The maximum absolute atomic E-state index is 10.5. The van der Waals surface area contributed by atoms with Crippen molar-refractivity contribution in [2.45, 2.75) is 45.4 Å². The quantitative estimate of drug-likeness (QED) is 0.661. The molecule has 2 nitrogen and oxygen atoms in total. The monoisotopic (exact) mass is 219 g/mol. The second-order valence-corrected chi connectivity index (χ2v) is 4.15. The normalized spacial score (nSPS) is 10.3. The van der Waals surface area contributed by atoms with Crippen LogP contribution in [0.15, 0.2) is 24.3 Å². The van der Waals surface area contributed by atoms with Crippen molar-refractivity contribution in [3.05, 3.63) is 35.4 Å². The first-order valence-corrected chi connectivity index (χ1v) is 6.04. The van der Waals surface area contributed by atoms with E-state index in [0.717, 1.165) is 6.42 Å². The first kappa shape index (κ1) is 12.8. The lowest BCUT2D eigenvalue weighted by Crippen LogP contribution is -2.21. The van der Waals surface area contributed by atoms with Crippen molar-refractivity contribution in [2.24, 2.45) is 0 Å². The number of carboxylic acid groups (broad SMARTS) is 1. The zero-order chi connectivity index (χ0) is 11.8. The van der Waals surface area contributed by atoms with E-state index in [4.69, 9.17) is 0 Å². The van der Waals surface area contributed by atoms with Crippen LogP contribution in [0.2, 0.25) is 0 Å². The van der Waals surface area contributed by atoms with Gasteiger partial charge in [-0.3, -0.25) is 0 Å². The van der Waals surface area contributed by atoms with E-state index in [2.05, 4.69) is 6.92 Å². The van der Waals surface area contributed by atoms with Crippen molar-refractivity contribution in [3.63, 3.8) is 0 Å². The Morgan fingerprint density at radius 2 is 1.69 bits per heavy atom. The van der Waals surface area contributed by atoms with Gasteiger partial charge in [0.1, 0.15) is 0 Å². The number of carboxylic acids is 1. The summed E-state index contributed by atoms with van der Waals surface area (Å²) in [5.41, 5.74) is 1.47. The van der Waals surface area contributed by atoms with Crippen molar-refractivity contribution >= 4 is 5.97 Å². The summed E-state index contributed by atoms with van der Waals surface area (Å²) in [5, 5.41) is 10.5. The van der Waals surface area contributed by atoms with Crippen LogP contribution >= 0.6 is 0 Å². The maximum atomic E-state index is 10.5. The summed E-state index contributed by atoms with van der Waals surface area (Å²) in [6.07, 6.45) is 7.36. The molecule has 0 amide bonds. The van der Waals surface area contributed by atoms with E-state index >= 15 is 0 Å². The number of carbonyl (C=O) groups excluding carboxylic acids is 1. The predicted molar refractivity (Wildman–Crippen MR) is 63.2 cm³/mol. The third kappa shape index (κ3) is 4.47. The molecule has 1 aromatic carbocycles. The van der Waals surface area contributed by atoms with Crippen molar-refractivity contribution in [3.8, 4) is 0 Å². The molecule has 0 radical (unpaired) electrons. The Labute approximate surface area is 97.3 Å². The summed E-state index contributed by atoms with van der Waals surface area (Å²) in [6.45, 7) is 2.21. The zero-order valence-electron chi connectivity index (χ0n) is 9.87. The van der Waals surface area contributed by atoms with E-state index in [1.165, 1.54) is 37.7 Å². The highest BCUT2D eigenvalue weighted by Crippen LogP contribution is 2.10. The summed E-state index contributed by atoms with van der Waals surface area (Å²) in [7, 11) is 0. The van der Waals surface area contributed by atoms with Crippen LogP contribution in [-0.2, 0) is 6.42 Å². The van der Waals surface area contributed by atoms with E-state index in [-0.39, 0.29) is 5.56 Å². The van der Waals surface area contributed by atoms with Gasteiger partial charge in [0.05, 0.1) is 5.97 Å². The number of aromatic carboxylic acids is 1. The molecular formula is C14H19O2-. The number of rotatable bonds is 7. The molecule has 0 aliphatic heterocycles. The third-order valence-corrected chi connectivity index (χ3v) is 2.76. The molecule has 0 aliphatic carbocycles. The average molecular weight is 219 g/mol. The minimum atomic E-state index is -1.10. The number of hydrogen-bond acceptors (Lipinski definition) is 2. The van der Waals surface area contributed by atoms with Crippen LogP contribution in [0.5, 0.6) is 0 Å². The highest BCUT2D eigenvalue weighted by atomic mass is 16.4. The molecule has 1 rings (SSSR count). The largest absolute Gasteiger partial charge is 0.545 e. The van der Waals surface area contributed by atoms with Crippen LogP contribution < -0.4 is 5.11 Å². The van der Waals surface area contributed by atoms with Gasteiger partial charge in [-0.2, -0.15) is 0 Å². The van der Waals surface area contributed by atoms with Crippen LogP contribution in [-0.4, -0.2) is 5.97 Å². The smallest absolute Gasteiger partial charge is 0.0715 e. The van der Waals surface area contributed by atoms with Crippen LogP contribution in [0.1, 0.15) is 54.9 Å². The lowest BCUT2D eigenvalue weighted by atomic mass is 10.0. The summed E-state index contributed by atoms with van der Waals surface area (Å²) < 4.78 is 0. The fourth-order valence-corrected chi connectivity index (χ4v) is 1.74. The Bertz CT molecular complexity index is 314. The van der Waals surface area contributed by atoms with E-state index in [0.29, 0.717) is 0 Å². The highest BCUT2D eigenvalue weighted by Gasteiger charge is 1.96. The Kier molecular flexibility index (Phi) is 5.62. The Morgan fingerprint density at radius 1 is 1.06 bits per heavy atom. The van der Waals surface area contributed by atoms with Gasteiger partial charge in [-0.25, -0.2) is 0 Å². The van der Waals surface area contributed by atoms with Gasteiger partial charge in [-0.15, -0.1) is 0 Å². The van der Waals surface area contributed by atoms with Crippen molar-refractivity contribution in [1.82, 2.24) is 0 Å². The van der Waals surface area contributed by atoms with E-state index in [1.807, 2.05) is 12.1 Å². The Morgan fingerprint density at radius 3 is 2.25 bits per heavy atom. The van der Waals surface area contributed by atoms with Gasteiger partial charge in [0, 0.05) is 0 Å². The molecule has 0 unspecified atom stereocenters. The van der Waals surface area contributed by atoms with Crippen LogP contribution in [0.25, 0.3) is 0 Å². The van der Waals surface area contributed by atoms with E-state index in [9.17, 15) is 9.90 Å². The van der Waals surface area contributed by atoms with Crippen molar-refractivity contribution in [1.29, 1.82) is 0 Å². The topological polar surface area (TPSA) is 40.1 Å². The minimum absolute atomic E-state index is 0.259. The first-order valence-electron chi connectivity index (χ1n) is 6.04. The molecule has 88 valence electrons. The molecule has 0 saturated heterocycles. The number of aryl methyl sites for hydroxylation is 1. The van der Waals surface area contributed by atoms with E-state index in [1.54, 1.807) is 12.1 Å². The van der Waals surface area contributed by atoms with Gasteiger partial charge < -0.3 is 9.90 Å². The average Bonchev–Trinajstić information content (AvgIpc) is 2.29. The van der Waals surface area contributed by atoms with Crippen molar-refractivity contribution < 1.29 is 9.90 Å². The number of hydrogen-bond donors (Lipinski definition) is 0. The minimum Gasteiger partial charge on any atom is -0.545 e. The molecule has 16 heavy (non-hydrogen) atoms. The first-order chi connectivity index (χ1) is 7.74. The predicted octanol–water partition coefficient (Wildman–Crippen LogP) is 2.56. The van der Waals surface area contributed by atoms with Crippen LogP contribution in [0.3, 0.4) is 0 Å². The van der Waals surface area contributed by atoms with Crippen LogP contribution in [0.4, 0.5) is 0 Å². The van der Waals surface area contributed by atoms with Crippen molar-refractivity contribution in [2.75, 3.05) is 0 Å². The molecule has 0 saturated carbocycles. The second kappa shape index (κ2) is 7.04. The molecular weight excluding hydrogens is 200 g/mol. The van der Waals surface area contributed by atoms with Gasteiger partial charge in [-0.05, 0) is 24.0 Å². The van der Waals surface area contributed by atoms with Gasteiger partial charge in [-0.1, -0.05) is 56.9 Å². The van der Waals surface area contributed by atoms with Gasteiger partial charge in [0.25, 0.3) is 0 Å². The molecule has 0 N–H and O–H groups in total. The number of benzene rings is 1. The SMILES string of the molecule is CCCCCCCc1ccc(C(=O)[O-])cc1. The Balaban J connectivity index is 2.29. The fraction of sp³-hybridized carbons (Fsp3) is 0.500. The summed E-state index contributed by atoms with van der Waals surface area (Å²) in [6, 6.07) is 7.00. The molecule has 0 aromatic heterocycles. The van der Waals surface area contributed by atoms with Crippen LogP contribution in [0, 0.1) is 0 Å². The summed E-state index contributed by atoms with van der Waals surface area (Å²) in [5.74, 6) is -1.10. The lowest BCUT2D eigenvalue weighted by Gasteiger charge is -2.04. The zero-order valence-corrected chi connectivity index (χ0v) is 9.87. The molecule has 2 heteroatoms. The van der Waals surface area contributed by atoms with Gasteiger partial charge >= 0.3 is 0 Å². The standard InChI is InChI=1S/C14H20O2/c1-2-3-4-5-6-7-12-8-10-13(11-9-12)14(15)16/h8-11H,2-7H2,1H3,(H,15,16)/p-1. The number of unbranched alkanes of at least 4 members (excludes halogenated alkanes) is 4. The fourth-order valence-electron chi connectivity index (χ4n) is 1.74. The highest BCUT2D eigenvalue weighted by molar-refractivity contribution is 5.85. The molecule has 0 fully saturated rings. The van der Waals surface area contributed by atoms with E-state index < -0.39 is 5.97 Å². The molecule has 0 aliphatic rings. The lowest BCUT2D eigenvalue weighted by molar-refractivity contribution is -0.255. The molecule has 0 bridgehead atoms. The molecule has 1 aromatic rings. The number of carbonyl (C=O) groups is 1.